The second-order valence-electron chi connectivity index (χ2n) is 6.62. The quantitative estimate of drug-likeness (QED) is 0.195. The van der Waals surface area contributed by atoms with E-state index in [4.69, 9.17) is 9.26 Å². The second kappa shape index (κ2) is 12.3. The van der Waals surface area contributed by atoms with E-state index >= 15 is 0 Å². The van der Waals surface area contributed by atoms with Crippen molar-refractivity contribution in [3.63, 3.8) is 0 Å². The van der Waals surface area contributed by atoms with Gasteiger partial charge in [0, 0.05) is 5.75 Å². The molecular formula is C15H32NO6PS. The number of esters is 1. The molecule has 144 valence electrons. The number of hydrogen-bond acceptors (Lipinski definition) is 7. The zero-order valence-electron chi connectivity index (χ0n) is 15.5. The summed E-state index contributed by atoms with van der Waals surface area (Å²) in [6.45, 7) is 4.18. The number of rotatable bonds is 14. The van der Waals surface area contributed by atoms with E-state index in [2.05, 4.69) is 11.4 Å². The molecule has 0 saturated carbocycles. The van der Waals surface area contributed by atoms with Gasteiger partial charge in [-0.2, -0.15) is 11.8 Å². The number of carbonyl (C=O) groups is 1. The van der Waals surface area contributed by atoms with Crippen LogP contribution in [0.1, 0.15) is 26.7 Å². The highest BCUT2D eigenvalue weighted by Gasteiger charge is 2.16. The smallest absolute Gasteiger partial charge is 0.309 e. The van der Waals surface area contributed by atoms with Crippen LogP contribution >= 0.6 is 19.6 Å². The van der Waals surface area contributed by atoms with Gasteiger partial charge in [0.25, 0.3) is 7.82 Å². The zero-order valence-corrected chi connectivity index (χ0v) is 17.2. The number of carbonyl (C=O) groups excluding carboxylic acids is 1. The Bertz CT molecular complexity index is 402. The summed E-state index contributed by atoms with van der Waals surface area (Å²) in [5.41, 5.74) is 0. The Balaban J connectivity index is 3.82. The van der Waals surface area contributed by atoms with Crippen molar-refractivity contribution in [2.45, 2.75) is 26.7 Å². The van der Waals surface area contributed by atoms with Crippen LogP contribution in [0.3, 0.4) is 0 Å². The van der Waals surface area contributed by atoms with Gasteiger partial charge in [-0.15, -0.1) is 0 Å². The summed E-state index contributed by atoms with van der Waals surface area (Å²) in [5, 5.41) is 0. The Morgan fingerprint density at radius 2 is 1.83 bits per heavy atom. The molecule has 2 atom stereocenters. The molecule has 0 rings (SSSR count). The van der Waals surface area contributed by atoms with Gasteiger partial charge in [0.2, 0.25) is 0 Å². The highest BCUT2D eigenvalue weighted by molar-refractivity contribution is 7.99. The summed E-state index contributed by atoms with van der Waals surface area (Å²) >= 11 is 1.72. The fourth-order valence-corrected chi connectivity index (χ4v) is 3.30. The third kappa shape index (κ3) is 14.3. The minimum absolute atomic E-state index is 0.0517. The zero-order chi connectivity index (χ0) is 18.6. The molecule has 2 unspecified atom stereocenters. The molecule has 0 amide bonds. The maximum Gasteiger partial charge on any atom is 0.309 e. The lowest BCUT2D eigenvalue weighted by Gasteiger charge is -2.27. The molecule has 0 aromatic heterocycles. The van der Waals surface area contributed by atoms with Gasteiger partial charge >= 0.3 is 5.97 Å². The Hall–Kier alpha value is -0.110. The molecule has 0 fully saturated rings. The first-order chi connectivity index (χ1) is 11.1. The molecular weight excluding hydrogens is 353 g/mol. The van der Waals surface area contributed by atoms with Crippen LogP contribution in [-0.2, 0) is 23.1 Å². The van der Waals surface area contributed by atoms with Crippen molar-refractivity contribution in [1.82, 2.24) is 0 Å². The first-order valence-corrected chi connectivity index (χ1v) is 10.8. The number of thioether (sulfide) groups is 1. The average Bonchev–Trinajstić information content (AvgIpc) is 2.46. The second-order valence-corrected chi connectivity index (χ2v) is 9.19. The normalized spacial score (nSPS) is 15.8. The third-order valence-electron chi connectivity index (χ3n) is 3.00. The molecule has 0 aliphatic heterocycles. The van der Waals surface area contributed by atoms with Gasteiger partial charge in [0.05, 0.1) is 33.7 Å². The number of hydrogen-bond donors (Lipinski definition) is 0. The highest BCUT2D eigenvalue weighted by atomic mass is 32.2. The van der Waals surface area contributed by atoms with Gasteiger partial charge in [-0.3, -0.25) is 9.36 Å². The monoisotopic (exact) mass is 385 g/mol. The minimum Gasteiger partial charge on any atom is -0.756 e. The number of unbranched alkanes of at least 4 members (excludes halogenated alkanes) is 1. The predicted molar refractivity (Wildman–Crippen MR) is 94.8 cm³/mol. The first kappa shape index (κ1) is 23.9. The predicted octanol–water partition coefficient (Wildman–Crippen LogP) is 1.91. The van der Waals surface area contributed by atoms with Crippen LogP contribution in [0.5, 0.6) is 0 Å². The van der Waals surface area contributed by atoms with Gasteiger partial charge in [-0.05, 0) is 12.2 Å². The molecule has 0 heterocycles. The van der Waals surface area contributed by atoms with Gasteiger partial charge in [-0.25, -0.2) is 0 Å². The van der Waals surface area contributed by atoms with Gasteiger partial charge < -0.3 is 23.2 Å². The molecule has 0 aromatic rings. The Morgan fingerprint density at radius 3 is 2.42 bits per heavy atom. The molecule has 0 N–H and O–H groups in total. The van der Waals surface area contributed by atoms with Crippen LogP contribution in [0.2, 0.25) is 0 Å². The fraction of sp³-hybridized carbons (Fsp3) is 0.933. The summed E-state index contributed by atoms with van der Waals surface area (Å²) < 4.78 is 26.6. The Morgan fingerprint density at radius 1 is 1.21 bits per heavy atom. The first-order valence-electron chi connectivity index (χ1n) is 8.22. The lowest BCUT2D eigenvalue weighted by atomic mass is 10.2. The van der Waals surface area contributed by atoms with Crippen molar-refractivity contribution in [1.29, 1.82) is 0 Å². The molecule has 7 nitrogen and oxygen atoms in total. The van der Waals surface area contributed by atoms with E-state index in [1.165, 1.54) is 0 Å². The van der Waals surface area contributed by atoms with Crippen molar-refractivity contribution in [3.05, 3.63) is 0 Å². The molecule has 0 aliphatic carbocycles. The van der Waals surface area contributed by atoms with Crippen LogP contribution in [0, 0.1) is 5.92 Å². The molecule has 24 heavy (non-hydrogen) atoms. The minimum atomic E-state index is -4.34. The van der Waals surface area contributed by atoms with Gasteiger partial charge in [-0.1, -0.05) is 20.3 Å². The lowest BCUT2D eigenvalue weighted by molar-refractivity contribution is -0.870. The van der Waals surface area contributed by atoms with Crippen LogP contribution in [0.25, 0.3) is 0 Å². The largest absolute Gasteiger partial charge is 0.756 e. The van der Waals surface area contributed by atoms with Crippen molar-refractivity contribution >= 4 is 25.6 Å². The Kier molecular flexibility index (Phi) is 12.2. The Labute approximate surface area is 150 Å². The maximum absolute atomic E-state index is 11.7. The number of nitrogens with zero attached hydrogens (tertiary/aromatic N) is 1. The standard InChI is InChI=1S/C15H32NO6PS/c1-6-7-12-24-13-14(2)15(17)20-10-11-22-23(18,19)21-9-8-16(3,4)5/h14H,6-13H2,1-5H3. The number of likely N-dealkylation sites (N-methyl/N-ethyl adjacent to an activating group) is 1. The fourth-order valence-electron chi connectivity index (χ4n) is 1.47. The lowest BCUT2D eigenvalue weighted by Crippen LogP contribution is -2.37. The van der Waals surface area contributed by atoms with Crippen molar-refractivity contribution in [2.24, 2.45) is 5.92 Å². The third-order valence-corrected chi connectivity index (χ3v) is 5.31. The molecule has 0 aromatic carbocycles. The average molecular weight is 385 g/mol. The van der Waals surface area contributed by atoms with Gasteiger partial charge in [0.15, 0.2) is 0 Å². The summed E-state index contributed by atoms with van der Waals surface area (Å²) in [5.74, 6) is 1.18. The number of phosphoric ester groups is 1. The van der Waals surface area contributed by atoms with Crippen LogP contribution in [0.4, 0.5) is 0 Å². The van der Waals surface area contributed by atoms with Crippen LogP contribution in [-0.4, -0.2) is 69.5 Å². The van der Waals surface area contributed by atoms with E-state index in [-0.39, 0.29) is 31.7 Å². The molecule has 0 radical (unpaired) electrons. The van der Waals surface area contributed by atoms with Crippen molar-refractivity contribution < 1.29 is 32.5 Å². The van der Waals surface area contributed by atoms with E-state index in [0.29, 0.717) is 16.8 Å². The molecule has 0 saturated heterocycles. The molecule has 0 spiro atoms. The van der Waals surface area contributed by atoms with Gasteiger partial charge in [0.1, 0.15) is 19.8 Å². The van der Waals surface area contributed by atoms with Crippen LogP contribution in [0.15, 0.2) is 0 Å². The topological polar surface area (TPSA) is 84.9 Å². The summed E-state index contributed by atoms with van der Waals surface area (Å²) in [6.07, 6.45) is 2.27. The maximum atomic E-state index is 11.7. The summed E-state index contributed by atoms with van der Waals surface area (Å²) in [4.78, 5) is 23.3. The van der Waals surface area contributed by atoms with E-state index in [1.54, 1.807) is 18.7 Å². The summed E-state index contributed by atoms with van der Waals surface area (Å²) in [6, 6.07) is 0. The number of quaternary nitrogens is 1. The van der Waals surface area contributed by atoms with Crippen molar-refractivity contribution in [3.8, 4) is 0 Å². The molecule has 0 aliphatic rings. The molecule has 0 bridgehead atoms. The van der Waals surface area contributed by atoms with Crippen LogP contribution < -0.4 is 4.89 Å². The highest BCUT2D eigenvalue weighted by Crippen LogP contribution is 2.37. The SMILES string of the molecule is CCCCSCC(C)C(=O)OCCOP(=O)([O-])OCC[N+](C)(C)C. The van der Waals surface area contributed by atoms with E-state index in [1.807, 2.05) is 21.1 Å². The molecule has 9 heteroatoms. The van der Waals surface area contributed by atoms with E-state index < -0.39 is 7.82 Å². The van der Waals surface area contributed by atoms with E-state index in [9.17, 15) is 14.3 Å². The van der Waals surface area contributed by atoms with E-state index in [0.717, 1.165) is 18.6 Å². The van der Waals surface area contributed by atoms with Crippen molar-refractivity contribution in [2.75, 3.05) is 59.0 Å². The number of ether oxygens (including phenoxy) is 1. The summed E-state index contributed by atoms with van der Waals surface area (Å²) in [7, 11) is 1.45. The number of phosphoric acid groups is 1.